The van der Waals surface area contributed by atoms with Crippen molar-refractivity contribution in [1.82, 2.24) is 9.88 Å². The van der Waals surface area contributed by atoms with Crippen molar-refractivity contribution in [2.75, 3.05) is 18.0 Å². The van der Waals surface area contributed by atoms with Crippen molar-refractivity contribution in [3.63, 3.8) is 0 Å². The van der Waals surface area contributed by atoms with E-state index in [4.69, 9.17) is 11.6 Å². The molecule has 4 rings (SSSR count). The minimum absolute atomic E-state index is 0.108. The molecule has 2 heterocycles. The molecule has 200 valence electrons. The van der Waals surface area contributed by atoms with E-state index in [-0.39, 0.29) is 35.6 Å². The minimum atomic E-state index is -4.62. The lowest BCUT2D eigenvalue weighted by molar-refractivity contribution is -0.141. The fourth-order valence-electron chi connectivity index (χ4n) is 5.42. The lowest BCUT2D eigenvalue weighted by Crippen LogP contribution is -2.61. The van der Waals surface area contributed by atoms with Crippen LogP contribution in [0, 0.1) is 5.92 Å². The number of aliphatic carboxylic acids is 1. The Hall–Kier alpha value is -2.63. The molecule has 1 aromatic carbocycles. The standard InChI is InChI=1S/C25H27ClF3N3O4S/c1-4-23(37(35,36)21-7-5-6-16-8-17(24(33)34)9-18(16)21)32-14(2)12-31(13-15(32)3)22-10-20(26)19(11-30-22)25(27,28)29/h4-7,10-11,14-15,17,23H,1,8-9,12-13H2,2-3H3,(H,33,34). The van der Waals surface area contributed by atoms with Crippen LogP contribution < -0.4 is 4.90 Å². The molecule has 0 amide bonds. The molecule has 2 aliphatic rings. The molecule has 0 spiro atoms. The molecule has 1 aliphatic heterocycles. The van der Waals surface area contributed by atoms with Gasteiger partial charge in [0.2, 0.25) is 0 Å². The summed E-state index contributed by atoms with van der Waals surface area (Å²) in [7, 11) is -3.97. The van der Waals surface area contributed by atoms with Crippen molar-refractivity contribution in [2.24, 2.45) is 5.92 Å². The van der Waals surface area contributed by atoms with Gasteiger partial charge in [0.15, 0.2) is 9.84 Å². The molecule has 4 unspecified atom stereocenters. The molecule has 0 radical (unpaired) electrons. The lowest BCUT2D eigenvalue weighted by atomic mass is 10.1. The van der Waals surface area contributed by atoms with Crippen LogP contribution in [0.15, 0.2) is 48.0 Å². The molecule has 1 fully saturated rings. The van der Waals surface area contributed by atoms with Crippen LogP contribution in [0.3, 0.4) is 0 Å². The van der Waals surface area contributed by atoms with E-state index in [1.54, 1.807) is 17.0 Å². The number of alkyl halides is 3. The Labute approximate surface area is 218 Å². The van der Waals surface area contributed by atoms with E-state index in [1.807, 2.05) is 18.7 Å². The topological polar surface area (TPSA) is 90.8 Å². The van der Waals surface area contributed by atoms with E-state index < -0.39 is 43.9 Å². The van der Waals surface area contributed by atoms with Crippen LogP contribution >= 0.6 is 11.6 Å². The van der Waals surface area contributed by atoms with Gasteiger partial charge in [-0.05, 0) is 49.9 Å². The molecule has 0 bridgehead atoms. The van der Waals surface area contributed by atoms with Crippen molar-refractivity contribution in [1.29, 1.82) is 0 Å². The van der Waals surface area contributed by atoms with Gasteiger partial charge in [-0.3, -0.25) is 9.69 Å². The average molecular weight is 558 g/mol. The highest BCUT2D eigenvalue weighted by Crippen LogP contribution is 2.38. The Kier molecular flexibility index (Phi) is 7.35. The van der Waals surface area contributed by atoms with Crippen LogP contribution in [0.4, 0.5) is 19.0 Å². The minimum Gasteiger partial charge on any atom is -0.481 e. The van der Waals surface area contributed by atoms with Gasteiger partial charge in [-0.1, -0.05) is 29.8 Å². The van der Waals surface area contributed by atoms with Crippen LogP contribution in [0.5, 0.6) is 0 Å². The molecule has 37 heavy (non-hydrogen) atoms. The van der Waals surface area contributed by atoms with Crippen molar-refractivity contribution in [3.8, 4) is 0 Å². The van der Waals surface area contributed by atoms with Crippen molar-refractivity contribution in [3.05, 3.63) is 64.8 Å². The number of pyridine rings is 1. The Morgan fingerprint density at radius 1 is 1.24 bits per heavy atom. The number of aromatic nitrogens is 1. The summed E-state index contributed by atoms with van der Waals surface area (Å²) in [6.45, 7) is 8.05. The Morgan fingerprint density at radius 3 is 2.43 bits per heavy atom. The second kappa shape index (κ2) is 9.92. The maximum Gasteiger partial charge on any atom is 0.419 e. The molecule has 1 N–H and O–H groups in total. The highest BCUT2D eigenvalue weighted by atomic mass is 35.5. The highest BCUT2D eigenvalue weighted by Gasteiger charge is 2.42. The number of fused-ring (bicyclic) bond motifs is 1. The fraction of sp³-hybridized carbons (Fsp3) is 0.440. The van der Waals surface area contributed by atoms with Crippen LogP contribution in [-0.2, 0) is 33.6 Å². The number of piperazine rings is 1. The first-order valence-corrected chi connectivity index (χ1v) is 13.6. The van der Waals surface area contributed by atoms with Crippen LogP contribution in [0.2, 0.25) is 5.02 Å². The number of rotatable bonds is 6. The van der Waals surface area contributed by atoms with E-state index in [0.717, 1.165) is 0 Å². The Balaban J connectivity index is 1.61. The van der Waals surface area contributed by atoms with Gasteiger partial charge < -0.3 is 10.0 Å². The zero-order valence-corrected chi connectivity index (χ0v) is 21.8. The van der Waals surface area contributed by atoms with Gasteiger partial charge in [0.25, 0.3) is 0 Å². The SMILES string of the molecule is C=CC(N1C(C)CN(c2cc(Cl)c(C(F)(F)F)cn2)CC1C)S(=O)(=O)c1cccc2c1CC(C(=O)O)C2. The first-order chi connectivity index (χ1) is 17.3. The summed E-state index contributed by atoms with van der Waals surface area (Å²) in [4.78, 5) is 19.2. The van der Waals surface area contributed by atoms with Gasteiger partial charge in [-0.25, -0.2) is 13.4 Å². The van der Waals surface area contributed by atoms with E-state index in [0.29, 0.717) is 30.4 Å². The quantitative estimate of drug-likeness (QED) is 0.525. The zero-order chi connectivity index (χ0) is 27.3. The second-order valence-electron chi connectivity index (χ2n) is 9.58. The summed E-state index contributed by atoms with van der Waals surface area (Å²) in [6.07, 6.45) is -2.12. The third kappa shape index (κ3) is 5.08. The maximum atomic E-state index is 13.9. The number of nitrogens with zero attached hydrogens (tertiary/aromatic N) is 3. The number of benzene rings is 1. The van der Waals surface area contributed by atoms with E-state index in [1.165, 1.54) is 18.2 Å². The molecule has 1 aromatic heterocycles. The van der Waals surface area contributed by atoms with Gasteiger partial charge in [0.1, 0.15) is 11.2 Å². The largest absolute Gasteiger partial charge is 0.481 e. The van der Waals surface area contributed by atoms with Crippen LogP contribution in [0.25, 0.3) is 0 Å². The summed E-state index contributed by atoms with van der Waals surface area (Å²) in [5, 5.41) is 7.91. The summed E-state index contributed by atoms with van der Waals surface area (Å²) < 4.78 is 67.1. The number of carbonyl (C=O) groups is 1. The predicted molar refractivity (Wildman–Crippen MR) is 133 cm³/mol. The molecule has 0 saturated carbocycles. The first-order valence-electron chi connectivity index (χ1n) is 11.7. The first kappa shape index (κ1) is 27.4. The second-order valence-corrected chi connectivity index (χ2v) is 12.0. The van der Waals surface area contributed by atoms with E-state index in [9.17, 15) is 31.5 Å². The molecule has 4 atom stereocenters. The molecular weight excluding hydrogens is 531 g/mol. The Morgan fingerprint density at radius 2 is 1.89 bits per heavy atom. The number of sulfone groups is 1. The molecule has 1 aliphatic carbocycles. The number of halogens is 4. The molecular formula is C25H27ClF3N3O4S. The van der Waals surface area contributed by atoms with Gasteiger partial charge in [-0.15, -0.1) is 6.58 Å². The lowest BCUT2D eigenvalue weighted by Gasteiger charge is -2.47. The predicted octanol–water partition coefficient (Wildman–Crippen LogP) is 4.44. The number of carboxylic acid groups (broad SMARTS) is 1. The summed E-state index contributed by atoms with van der Waals surface area (Å²) in [5.41, 5.74) is 0.229. The number of anilines is 1. The molecule has 1 saturated heterocycles. The third-order valence-electron chi connectivity index (χ3n) is 7.07. The number of hydrogen-bond acceptors (Lipinski definition) is 6. The van der Waals surface area contributed by atoms with Gasteiger partial charge in [0.05, 0.1) is 21.4 Å². The van der Waals surface area contributed by atoms with E-state index in [2.05, 4.69) is 11.6 Å². The molecule has 2 aromatic rings. The van der Waals surface area contributed by atoms with Crippen molar-refractivity contribution >= 4 is 33.2 Å². The van der Waals surface area contributed by atoms with Gasteiger partial charge in [-0.2, -0.15) is 13.2 Å². The zero-order valence-electron chi connectivity index (χ0n) is 20.2. The monoisotopic (exact) mass is 557 g/mol. The van der Waals surface area contributed by atoms with Gasteiger partial charge >= 0.3 is 12.1 Å². The summed E-state index contributed by atoms with van der Waals surface area (Å²) in [5.74, 6) is -1.36. The third-order valence-corrected chi connectivity index (χ3v) is 9.45. The van der Waals surface area contributed by atoms with Crippen LogP contribution in [-0.4, -0.2) is 59.9 Å². The maximum absolute atomic E-state index is 13.9. The smallest absolute Gasteiger partial charge is 0.419 e. The average Bonchev–Trinajstić information content (AvgIpc) is 3.25. The normalized spacial score (nSPS) is 23.5. The highest BCUT2D eigenvalue weighted by molar-refractivity contribution is 7.92. The number of carboxylic acids is 1. The van der Waals surface area contributed by atoms with Crippen molar-refractivity contribution < 1.29 is 31.5 Å². The summed E-state index contributed by atoms with van der Waals surface area (Å²) in [6, 6.07) is 5.38. The van der Waals surface area contributed by atoms with Crippen LogP contribution in [0.1, 0.15) is 30.5 Å². The summed E-state index contributed by atoms with van der Waals surface area (Å²) >= 11 is 5.89. The molecule has 12 heteroatoms. The fourth-order valence-corrected chi connectivity index (χ4v) is 7.75. The van der Waals surface area contributed by atoms with Crippen molar-refractivity contribution in [2.45, 2.75) is 55.2 Å². The Bertz CT molecular complexity index is 1320. The van der Waals surface area contributed by atoms with E-state index >= 15 is 0 Å². The number of hydrogen-bond donors (Lipinski definition) is 1. The van der Waals surface area contributed by atoms with Gasteiger partial charge in [0, 0.05) is 31.4 Å². The molecule has 7 nitrogen and oxygen atoms in total.